The Morgan fingerprint density at radius 3 is 2.38 bits per heavy atom. The molecule has 0 heterocycles. The highest BCUT2D eigenvalue weighted by atomic mass is 16.5. The Bertz CT molecular complexity index is 896. The lowest BCUT2D eigenvalue weighted by atomic mass is 10.2. The number of methoxy groups -OCH3 is 1. The first kappa shape index (κ1) is 20.3. The van der Waals surface area contributed by atoms with Crippen LogP contribution in [-0.4, -0.2) is 19.6 Å². The first-order valence-electron chi connectivity index (χ1n) is 9.64. The zero-order chi connectivity index (χ0) is 20.3. The number of hydrogen-bond acceptors (Lipinski definition) is 4. The minimum Gasteiger partial charge on any atom is -0.496 e. The van der Waals surface area contributed by atoms with Crippen LogP contribution in [0.2, 0.25) is 0 Å². The summed E-state index contributed by atoms with van der Waals surface area (Å²) in [5, 5.41) is 6.18. The van der Waals surface area contributed by atoms with Crippen LogP contribution in [0.3, 0.4) is 0 Å². The van der Waals surface area contributed by atoms with Crippen LogP contribution < -0.4 is 20.1 Å². The van der Waals surface area contributed by atoms with Crippen LogP contribution in [0.15, 0.2) is 78.9 Å². The molecular weight excluding hydrogens is 364 g/mol. The predicted molar refractivity (Wildman–Crippen MR) is 115 cm³/mol. The van der Waals surface area contributed by atoms with Gasteiger partial charge in [0.05, 0.1) is 7.11 Å². The third-order valence-electron chi connectivity index (χ3n) is 4.45. The van der Waals surface area contributed by atoms with Gasteiger partial charge in [0, 0.05) is 30.8 Å². The molecule has 0 aliphatic rings. The molecule has 0 unspecified atom stereocenters. The number of carbonyl (C=O) groups excluding carboxylic acids is 1. The van der Waals surface area contributed by atoms with Crippen molar-refractivity contribution in [3.63, 3.8) is 0 Å². The molecule has 150 valence electrons. The number of amides is 1. The van der Waals surface area contributed by atoms with Crippen molar-refractivity contribution >= 4 is 11.6 Å². The largest absolute Gasteiger partial charge is 0.496 e. The average molecular weight is 390 g/mol. The van der Waals surface area contributed by atoms with E-state index in [9.17, 15) is 4.79 Å². The number of rotatable bonds is 10. The van der Waals surface area contributed by atoms with Gasteiger partial charge in [-0.15, -0.1) is 0 Å². The number of carbonyl (C=O) groups is 1. The van der Waals surface area contributed by atoms with Crippen molar-refractivity contribution in [2.75, 3.05) is 19.0 Å². The minimum absolute atomic E-state index is 0.00813. The highest BCUT2D eigenvalue weighted by Gasteiger charge is 2.05. The van der Waals surface area contributed by atoms with Gasteiger partial charge in [0.1, 0.15) is 18.1 Å². The fourth-order valence-corrected chi connectivity index (χ4v) is 2.86. The maximum atomic E-state index is 12.1. The number of hydrogen-bond donors (Lipinski definition) is 2. The zero-order valence-corrected chi connectivity index (χ0v) is 16.6. The molecule has 29 heavy (non-hydrogen) atoms. The van der Waals surface area contributed by atoms with E-state index in [1.807, 2.05) is 78.9 Å². The van der Waals surface area contributed by atoms with E-state index in [0.717, 1.165) is 28.3 Å². The fourth-order valence-electron chi connectivity index (χ4n) is 2.86. The van der Waals surface area contributed by atoms with Crippen molar-refractivity contribution in [2.45, 2.75) is 19.6 Å². The van der Waals surface area contributed by atoms with Crippen LogP contribution in [0, 0.1) is 0 Å². The molecule has 5 heteroatoms. The number of benzene rings is 3. The van der Waals surface area contributed by atoms with Crippen LogP contribution in [0.4, 0.5) is 5.69 Å². The first-order chi connectivity index (χ1) is 14.2. The Labute approximate surface area is 171 Å². The topological polar surface area (TPSA) is 59.6 Å². The molecule has 3 aromatic carbocycles. The summed E-state index contributed by atoms with van der Waals surface area (Å²) in [6.45, 7) is 1.55. The summed E-state index contributed by atoms with van der Waals surface area (Å²) in [5.74, 6) is 1.58. The second-order valence-electron chi connectivity index (χ2n) is 6.56. The molecule has 0 radical (unpaired) electrons. The molecule has 0 aliphatic carbocycles. The molecule has 2 N–H and O–H groups in total. The van der Waals surface area contributed by atoms with Gasteiger partial charge in [0.2, 0.25) is 5.91 Å². The smallest absolute Gasteiger partial charge is 0.222 e. The van der Waals surface area contributed by atoms with Gasteiger partial charge in [0.25, 0.3) is 0 Å². The first-order valence-corrected chi connectivity index (χ1v) is 9.64. The van der Waals surface area contributed by atoms with Crippen molar-refractivity contribution in [1.82, 2.24) is 5.32 Å². The Hall–Kier alpha value is -3.47. The van der Waals surface area contributed by atoms with Crippen molar-refractivity contribution in [1.29, 1.82) is 0 Å². The van der Waals surface area contributed by atoms with Crippen molar-refractivity contribution in [3.05, 3.63) is 90.0 Å². The zero-order valence-electron chi connectivity index (χ0n) is 16.6. The van der Waals surface area contributed by atoms with E-state index in [0.29, 0.717) is 26.1 Å². The Morgan fingerprint density at radius 1 is 0.897 bits per heavy atom. The number of nitrogens with one attached hydrogen (secondary N) is 2. The molecule has 0 bridgehead atoms. The van der Waals surface area contributed by atoms with E-state index in [1.165, 1.54) is 0 Å². The lowest BCUT2D eigenvalue weighted by molar-refractivity contribution is -0.121. The predicted octanol–water partition coefficient (Wildman–Crippen LogP) is 4.39. The fraction of sp³-hybridized carbons (Fsp3) is 0.208. The maximum Gasteiger partial charge on any atom is 0.222 e. The summed E-state index contributed by atoms with van der Waals surface area (Å²) in [7, 11) is 1.63. The molecule has 1 amide bonds. The van der Waals surface area contributed by atoms with Gasteiger partial charge in [-0.1, -0.05) is 48.5 Å². The second kappa shape index (κ2) is 10.8. The Morgan fingerprint density at radius 2 is 1.62 bits per heavy atom. The van der Waals surface area contributed by atoms with E-state index in [1.54, 1.807) is 7.11 Å². The third kappa shape index (κ3) is 6.57. The van der Waals surface area contributed by atoms with Crippen LogP contribution >= 0.6 is 0 Å². The molecule has 5 nitrogen and oxygen atoms in total. The van der Waals surface area contributed by atoms with Crippen LogP contribution in [-0.2, 0) is 17.9 Å². The van der Waals surface area contributed by atoms with E-state index in [4.69, 9.17) is 9.47 Å². The minimum atomic E-state index is -0.00813. The molecule has 0 saturated heterocycles. The Balaban J connectivity index is 1.37. The molecule has 3 rings (SSSR count). The average Bonchev–Trinajstić information content (AvgIpc) is 2.78. The highest BCUT2D eigenvalue weighted by molar-refractivity contribution is 5.76. The molecule has 0 aliphatic heterocycles. The van der Waals surface area contributed by atoms with Gasteiger partial charge < -0.3 is 20.1 Å². The quantitative estimate of drug-likeness (QED) is 0.539. The molecule has 0 aromatic heterocycles. The number of anilines is 1. The monoisotopic (exact) mass is 390 g/mol. The standard InChI is InChI=1S/C24H26N2O3/c1-28-23-10-6-5-9-20(23)17-26-24(27)15-16-25-21-11-13-22(14-12-21)29-18-19-7-3-2-4-8-19/h2-14,25H,15-18H2,1H3,(H,26,27). The normalized spacial score (nSPS) is 10.2. The van der Waals surface area contributed by atoms with E-state index in [-0.39, 0.29) is 5.91 Å². The van der Waals surface area contributed by atoms with E-state index in [2.05, 4.69) is 10.6 Å². The molecular formula is C24H26N2O3. The van der Waals surface area contributed by atoms with Crippen LogP contribution in [0.25, 0.3) is 0 Å². The summed E-state index contributed by atoms with van der Waals surface area (Å²) in [5.41, 5.74) is 3.05. The van der Waals surface area contributed by atoms with Crippen molar-refractivity contribution < 1.29 is 14.3 Å². The van der Waals surface area contributed by atoms with Gasteiger partial charge >= 0.3 is 0 Å². The van der Waals surface area contributed by atoms with E-state index < -0.39 is 0 Å². The summed E-state index contributed by atoms with van der Waals surface area (Å²) >= 11 is 0. The maximum absolute atomic E-state index is 12.1. The SMILES string of the molecule is COc1ccccc1CNC(=O)CCNc1ccc(OCc2ccccc2)cc1. The summed E-state index contributed by atoms with van der Waals surface area (Å²) in [6, 6.07) is 25.5. The number of ether oxygens (including phenoxy) is 2. The molecule has 0 spiro atoms. The van der Waals surface area contributed by atoms with Gasteiger partial charge in [-0.2, -0.15) is 0 Å². The highest BCUT2D eigenvalue weighted by Crippen LogP contribution is 2.18. The van der Waals surface area contributed by atoms with Crippen LogP contribution in [0.1, 0.15) is 17.5 Å². The van der Waals surface area contributed by atoms with Gasteiger partial charge in [-0.25, -0.2) is 0 Å². The van der Waals surface area contributed by atoms with Crippen molar-refractivity contribution in [2.24, 2.45) is 0 Å². The second-order valence-corrected chi connectivity index (χ2v) is 6.56. The van der Waals surface area contributed by atoms with Gasteiger partial charge in [0.15, 0.2) is 0 Å². The molecule has 3 aromatic rings. The van der Waals surface area contributed by atoms with Crippen LogP contribution in [0.5, 0.6) is 11.5 Å². The summed E-state index contributed by atoms with van der Waals surface area (Å²) in [6.07, 6.45) is 0.390. The van der Waals surface area contributed by atoms with Gasteiger partial charge in [-0.05, 0) is 35.9 Å². The molecule has 0 fully saturated rings. The Kier molecular flexibility index (Phi) is 7.52. The van der Waals surface area contributed by atoms with Crippen molar-refractivity contribution in [3.8, 4) is 11.5 Å². The third-order valence-corrected chi connectivity index (χ3v) is 4.45. The lowest BCUT2D eigenvalue weighted by Gasteiger charge is -2.11. The summed E-state index contributed by atoms with van der Waals surface area (Å²) < 4.78 is 11.1. The summed E-state index contributed by atoms with van der Waals surface area (Å²) in [4.78, 5) is 12.1. The number of para-hydroxylation sites is 1. The van der Waals surface area contributed by atoms with E-state index >= 15 is 0 Å². The molecule has 0 atom stereocenters. The van der Waals surface area contributed by atoms with Gasteiger partial charge in [-0.3, -0.25) is 4.79 Å². The molecule has 0 saturated carbocycles. The lowest BCUT2D eigenvalue weighted by Crippen LogP contribution is -2.25.